The number of aromatic nitrogens is 1. The Morgan fingerprint density at radius 3 is 2.78 bits per heavy atom. The van der Waals surface area contributed by atoms with Crippen LogP contribution < -0.4 is 10.6 Å². The largest absolute Gasteiger partial charge is 0.376 e. The summed E-state index contributed by atoms with van der Waals surface area (Å²) in [6, 6.07) is -0.335. The summed E-state index contributed by atoms with van der Waals surface area (Å²) < 4.78 is 11.0. The Morgan fingerprint density at radius 1 is 1.39 bits per heavy atom. The lowest BCUT2D eigenvalue weighted by Crippen LogP contribution is -2.39. The number of carbonyl (C=O) groups excluding carboxylic acids is 1. The number of ether oxygens (including phenoxy) is 1. The van der Waals surface area contributed by atoms with Crippen LogP contribution in [-0.4, -0.2) is 30.4 Å². The van der Waals surface area contributed by atoms with Gasteiger partial charge in [-0.05, 0) is 39.5 Å². The van der Waals surface area contributed by atoms with E-state index in [1.54, 1.807) is 0 Å². The minimum Gasteiger partial charge on any atom is -0.376 e. The second-order valence-corrected chi connectivity index (χ2v) is 6.53. The van der Waals surface area contributed by atoms with Crippen LogP contribution in [0.4, 0.5) is 4.79 Å². The smallest absolute Gasteiger partial charge is 0.315 e. The molecule has 0 unspecified atom stereocenters. The number of nitrogens with one attached hydrogen (secondary N) is 2. The molecule has 0 aliphatic heterocycles. The average molecular weight is 323 g/mol. The molecular weight excluding hydrogens is 294 g/mol. The highest BCUT2D eigenvalue weighted by atomic mass is 16.5. The molecule has 0 spiro atoms. The number of carbonyl (C=O) groups is 1. The molecule has 3 atom stereocenters. The molecule has 1 aromatic heterocycles. The molecule has 0 radical (unpaired) electrons. The molecule has 23 heavy (non-hydrogen) atoms. The van der Waals surface area contributed by atoms with E-state index in [2.05, 4.69) is 22.7 Å². The third-order valence-electron chi connectivity index (χ3n) is 4.62. The Bertz CT molecular complexity index is 496. The molecule has 6 nitrogen and oxygen atoms in total. The van der Waals surface area contributed by atoms with E-state index in [1.807, 2.05) is 20.8 Å². The van der Waals surface area contributed by atoms with Crippen molar-refractivity contribution in [2.24, 2.45) is 5.92 Å². The van der Waals surface area contributed by atoms with Crippen LogP contribution in [0.1, 0.15) is 62.6 Å². The fourth-order valence-corrected chi connectivity index (χ4v) is 3.33. The second kappa shape index (κ2) is 8.34. The summed E-state index contributed by atoms with van der Waals surface area (Å²) in [6.45, 7) is 8.97. The lowest BCUT2D eigenvalue weighted by Gasteiger charge is -2.28. The van der Waals surface area contributed by atoms with Crippen LogP contribution in [-0.2, 0) is 4.74 Å². The first kappa shape index (κ1) is 17.8. The molecule has 130 valence electrons. The van der Waals surface area contributed by atoms with Crippen LogP contribution in [0.15, 0.2) is 4.52 Å². The summed E-state index contributed by atoms with van der Waals surface area (Å²) in [5.74, 6) is 1.36. The molecule has 2 N–H and O–H groups in total. The van der Waals surface area contributed by atoms with E-state index in [0.717, 1.165) is 23.4 Å². The Morgan fingerprint density at radius 2 is 2.13 bits per heavy atom. The van der Waals surface area contributed by atoms with Crippen molar-refractivity contribution in [1.29, 1.82) is 0 Å². The van der Waals surface area contributed by atoms with Crippen LogP contribution in [0.2, 0.25) is 0 Å². The maximum absolute atomic E-state index is 12.0. The van der Waals surface area contributed by atoms with Crippen molar-refractivity contribution >= 4 is 6.03 Å². The lowest BCUT2D eigenvalue weighted by molar-refractivity contribution is -0.00244. The predicted molar refractivity (Wildman–Crippen MR) is 88.3 cm³/mol. The van der Waals surface area contributed by atoms with Gasteiger partial charge in [0, 0.05) is 12.1 Å². The van der Waals surface area contributed by atoms with Gasteiger partial charge in [-0.2, -0.15) is 0 Å². The summed E-state index contributed by atoms with van der Waals surface area (Å²) >= 11 is 0. The molecular formula is C17H29N3O3. The standard InChI is InChI=1S/C17H29N3O3/c1-11-7-5-6-8-15(11)22-10-9-18-17(21)19-12(2)16-13(3)20-23-14(16)4/h11-12,15H,5-10H2,1-4H3,(H2,18,19,21)/t11-,12-,15+/m0/s1. The van der Waals surface area contributed by atoms with Gasteiger partial charge in [-0.3, -0.25) is 0 Å². The minimum atomic E-state index is -0.196. The number of hydrogen-bond donors (Lipinski definition) is 2. The van der Waals surface area contributed by atoms with Crippen molar-refractivity contribution in [3.63, 3.8) is 0 Å². The van der Waals surface area contributed by atoms with Gasteiger partial charge < -0.3 is 19.9 Å². The highest BCUT2D eigenvalue weighted by Crippen LogP contribution is 2.26. The third-order valence-corrected chi connectivity index (χ3v) is 4.62. The van der Waals surface area contributed by atoms with Crippen molar-refractivity contribution in [1.82, 2.24) is 15.8 Å². The van der Waals surface area contributed by atoms with Crippen LogP contribution in [0.3, 0.4) is 0 Å². The quantitative estimate of drug-likeness (QED) is 0.788. The van der Waals surface area contributed by atoms with Gasteiger partial charge >= 0.3 is 6.03 Å². The Kier molecular flexibility index (Phi) is 6.45. The maximum atomic E-state index is 12.0. The first-order chi connectivity index (χ1) is 11.0. The van der Waals surface area contributed by atoms with Gasteiger partial charge in [0.05, 0.1) is 24.4 Å². The van der Waals surface area contributed by atoms with Crippen LogP contribution >= 0.6 is 0 Å². The van der Waals surface area contributed by atoms with Gasteiger partial charge in [-0.25, -0.2) is 4.79 Å². The monoisotopic (exact) mass is 323 g/mol. The molecule has 2 rings (SSSR count). The third kappa shape index (κ3) is 4.96. The Balaban J connectivity index is 1.67. The molecule has 2 amide bonds. The molecule has 6 heteroatoms. The summed E-state index contributed by atoms with van der Waals surface area (Å²) in [5.41, 5.74) is 1.75. The molecule has 1 heterocycles. The van der Waals surface area contributed by atoms with Gasteiger partial charge in [0.25, 0.3) is 0 Å². The zero-order chi connectivity index (χ0) is 16.8. The van der Waals surface area contributed by atoms with Crippen molar-refractivity contribution < 1.29 is 14.1 Å². The van der Waals surface area contributed by atoms with Crippen LogP contribution in [0, 0.1) is 19.8 Å². The SMILES string of the molecule is Cc1noc(C)c1[C@H](C)NC(=O)NCCO[C@@H]1CCCC[C@@H]1C. The number of amides is 2. The Hall–Kier alpha value is -1.56. The first-order valence-corrected chi connectivity index (χ1v) is 8.57. The second-order valence-electron chi connectivity index (χ2n) is 6.53. The summed E-state index contributed by atoms with van der Waals surface area (Å²) in [7, 11) is 0. The van der Waals surface area contributed by atoms with E-state index in [0.29, 0.717) is 25.2 Å². The zero-order valence-corrected chi connectivity index (χ0v) is 14.6. The van der Waals surface area contributed by atoms with E-state index in [4.69, 9.17) is 9.26 Å². The predicted octanol–water partition coefficient (Wildman–Crippen LogP) is 3.25. The average Bonchev–Trinajstić information content (AvgIpc) is 2.84. The summed E-state index contributed by atoms with van der Waals surface area (Å²) in [5, 5.41) is 9.66. The van der Waals surface area contributed by atoms with Gasteiger partial charge in [-0.15, -0.1) is 0 Å². The van der Waals surface area contributed by atoms with Gasteiger partial charge in [0.15, 0.2) is 0 Å². The first-order valence-electron chi connectivity index (χ1n) is 8.57. The molecule has 1 aliphatic rings. The van der Waals surface area contributed by atoms with Gasteiger partial charge in [0.2, 0.25) is 0 Å². The topological polar surface area (TPSA) is 76.4 Å². The number of hydrogen-bond acceptors (Lipinski definition) is 4. The minimum absolute atomic E-state index is 0.138. The van der Waals surface area contributed by atoms with Gasteiger partial charge in [0.1, 0.15) is 5.76 Å². The van der Waals surface area contributed by atoms with E-state index in [9.17, 15) is 4.79 Å². The van der Waals surface area contributed by atoms with Crippen molar-refractivity contribution in [3.05, 3.63) is 17.0 Å². The molecule has 1 aliphatic carbocycles. The molecule has 1 aromatic rings. The number of rotatable bonds is 6. The number of aryl methyl sites for hydroxylation is 2. The number of urea groups is 1. The number of nitrogens with zero attached hydrogens (tertiary/aromatic N) is 1. The molecule has 0 bridgehead atoms. The van der Waals surface area contributed by atoms with Crippen molar-refractivity contribution in [2.75, 3.05) is 13.2 Å². The zero-order valence-electron chi connectivity index (χ0n) is 14.6. The van der Waals surface area contributed by atoms with E-state index < -0.39 is 0 Å². The van der Waals surface area contributed by atoms with E-state index >= 15 is 0 Å². The van der Waals surface area contributed by atoms with Crippen molar-refractivity contribution in [2.45, 2.75) is 65.5 Å². The fourth-order valence-electron chi connectivity index (χ4n) is 3.33. The van der Waals surface area contributed by atoms with Crippen LogP contribution in [0.5, 0.6) is 0 Å². The maximum Gasteiger partial charge on any atom is 0.315 e. The van der Waals surface area contributed by atoms with E-state index in [1.165, 1.54) is 19.3 Å². The lowest BCUT2D eigenvalue weighted by atomic mass is 9.88. The highest BCUT2D eigenvalue weighted by Gasteiger charge is 2.22. The highest BCUT2D eigenvalue weighted by molar-refractivity contribution is 5.74. The van der Waals surface area contributed by atoms with Crippen LogP contribution in [0.25, 0.3) is 0 Å². The Labute approximate surface area is 138 Å². The normalized spacial score (nSPS) is 22.6. The van der Waals surface area contributed by atoms with E-state index in [-0.39, 0.29) is 12.1 Å². The molecule has 1 saturated carbocycles. The summed E-state index contributed by atoms with van der Waals surface area (Å²) in [6.07, 6.45) is 5.28. The fraction of sp³-hybridized carbons (Fsp3) is 0.765. The molecule has 0 aromatic carbocycles. The summed E-state index contributed by atoms with van der Waals surface area (Å²) in [4.78, 5) is 12.0. The molecule has 1 fully saturated rings. The van der Waals surface area contributed by atoms with Crippen molar-refractivity contribution in [3.8, 4) is 0 Å². The van der Waals surface area contributed by atoms with Gasteiger partial charge in [-0.1, -0.05) is 24.9 Å². The molecule has 0 saturated heterocycles.